The molecule has 0 amide bonds. The quantitative estimate of drug-likeness (QED) is 0.633. The third-order valence-electron chi connectivity index (χ3n) is 2.20. The van der Waals surface area contributed by atoms with E-state index in [1.165, 1.54) is 0 Å². The van der Waals surface area contributed by atoms with Crippen molar-refractivity contribution in [2.24, 2.45) is 5.92 Å². The molecular formula is C12H24N2O2. The van der Waals surface area contributed by atoms with Gasteiger partial charge < -0.3 is 10.0 Å². The lowest BCUT2D eigenvalue weighted by molar-refractivity contribution is -0.132. The van der Waals surface area contributed by atoms with Crippen LogP contribution >= 0.6 is 0 Å². The molecule has 0 unspecified atom stereocenters. The molecule has 0 atom stereocenters. The number of aliphatic carboxylic acids is 1. The Morgan fingerprint density at radius 1 is 1.31 bits per heavy atom. The highest BCUT2D eigenvalue weighted by molar-refractivity contribution is 5.86. The minimum atomic E-state index is -0.904. The Balaban J connectivity index is 4.19. The molecule has 16 heavy (non-hydrogen) atoms. The monoisotopic (exact) mass is 228 g/mol. The zero-order valence-electron chi connectivity index (χ0n) is 10.9. The summed E-state index contributed by atoms with van der Waals surface area (Å²) in [4.78, 5) is 15.0. The summed E-state index contributed by atoms with van der Waals surface area (Å²) in [6.45, 7) is 11.0. The summed E-state index contributed by atoms with van der Waals surface area (Å²) in [5.41, 5.74) is 0.263. The van der Waals surface area contributed by atoms with Crippen LogP contribution in [0.15, 0.2) is 12.2 Å². The molecule has 0 heterocycles. The third kappa shape index (κ3) is 7.43. The van der Waals surface area contributed by atoms with Gasteiger partial charge in [-0.3, -0.25) is 4.90 Å². The molecule has 0 spiro atoms. The van der Waals surface area contributed by atoms with E-state index in [0.29, 0.717) is 12.5 Å². The van der Waals surface area contributed by atoms with Crippen molar-refractivity contribution in [3.05, 3.63) is 12.2 Å². The van der Waals surface area contributed by atoms with Gasteiger partial charge in [0.2, 0.25) is 0 Å². The van der Waals surface area contributed by atoms with Crippen LogP contribution in [0.5, 0.6) is 0 Å². The average Bonchev–Trinajstić information content (AvgIpc) is 2.12. The predicted molar refractivity (Wildman–Crippen MR) is 66.6 cm³/mol. The Bertz CT molecular complexity index is 237. The van der Waals surface area contributed by atoms with E-state index in [1.807, 2.05) is 14.1 Å². The molecule has 4 heteroatoms. The molecule has 0 aliphatic rings. The average molecular weight is 228 g/mol. The van der Waals surface area contributed by atoms with Gasteiger partial charge in [-0.2, -0.15) is 0 Å². The normalized spacial score (nSPS) is 11.4. The molecule has 94 valence electrons. The van der Waals surface area contributed by atoms with Gasteiger partial charge in [-0.1, -0.05) is 20.4 Å². The van der Waals surface area contributed by atoms with E-state index in [0.717, 1.165) is 19.6 Å². The molecular weight excluding hydrogens is 204 g/mol. The number of nitrogens with zero attached hydrogens (tertiary/aromatic N) is 2. The van der Waals surface area contributed by atoms with Crippen LogP contribution < -0.4 is 0 Å². The summed E-state index contributed by atoms with van der Waals surface area (Å²) in [5, 5.41) is 8.81. The van der Waals surface area contributed by atoms with E-state index in [9.17, 15) is 4.79 Å². The van der Waals surface area contributed by atoms with Gasteiger partial charge >= 0.3 is 5.97 Å². The fraction of sp³-hybridized carbons (Fsp3) is 0.750. The minimum absolute atomic E-state index is 0.263. The number of carboxylic acid groups (broad SMARTS) is 1. The standard InChI is InChI=1S/C12H24N2O2/c1-10(2)8-14(7-6-13(4)5)9-11(3)12(15)16/h10H,3,6-9H2,1-2,4-5H3,(H,15,16). The zero-order valence-corrected chi connectivity index (χ0v) is 10.9. The molecule has 0 aliphatic heterocycles. The van der Waals surface area contributed by atoms with E-state index in [2.05, 4.69) is 30.2 Å². The molecule has 0 bridgehead atoms. The highest BCUT2D eigenvalue weighted by Crippen LogP contribution is 2.02. The molecule has 0 aromatic heterocycles. The van der Waals surface area contributed by atoms with E-state index in [4.69, 9.17) is 5.11 Å². The molecule has 1 N–H and O–H groups in total. The first-order valence-electron chi connectivity index (χ1n) is 5.61. The zero-order chi connectivity index (χ0) is 12.7. The molecule has 0 aliphatic carbocycles. The lowest BCUT2D eigenvalue weighted by Gasteiger charge is -2.25. The number of hydrogen-bond acceptors (Lipinski definition) is 3. The Labute approximate surface area is 98.5 Å². The smallest absolute Gasteiger partial charge is 0.332 e. The van der Waals surface area contributed by atoms with Crippen LogP contribution in [-0.4, -0.2) is 61.2 Å². The van der Waals surface area contributed by atoms with Crippen LogP contribution in [0, 0.1) is 5.92 Å². The first-order chi connectivity index (χ1) is 7.32. The van der Waals surface area contributed by atoms with Crippen molar-refractivity contribution in [3.63, 3.8) is 0 Å². The number of carbonyl (C=O) groups is 1. The van der Waals surface area contributed by atoms with Gasteiger partial charge in [0.1, 0.15) is 0 Å². The van der Waals surface area contributed by atoms with Gasteiger partial charge in [0.15, 0.2) is 0 Å². The van der Waals surface area contributed by atoms with Gasteiger partial charge in [-0.25, -0.2) is 4.79 Å². The van der Waals surface area contributed by atoms with Crippen LogP contribution in [0.2, 0.25) is 0 Å². The van der Waals surface area contributed by atoms with E-state index < -0.39 is 5.97 Å². The summed E-state index contributed by atoms with van der Waals surface area (Å²) >= 11 is 0. The lowest BCUT2D eigenvalue weighted by atomic mass is 10.2. The first-order valence-corrected chi connectivity index (χ1v) is 5.61. The maximum Gasteiger partial charge on any atom is 0.332 e. The second-order valence-electron chi connectivity index (χ2n) is 4.84. The molecule has 0 rings (SSSR count). The predicted octanol–water partition coefficient (Wildman–Crippen LogP) is 1.15. The third-order valence-corrected chi connectivity index (χ3v) is 2.20. The maximum absolute atomic E-state index is 10.7. The maximum atomic E-state index is 10.7. The summed E-state index contributed by atoms with van der Waals surface area (Å²) in [6, 6.07) is 0. The largest absolute Gasteiger partial charge is 0.478 e. The van der Waals surface area contributed by atoms with Crippen LogP contribution in [0.4, 0.5) is 0 Å². The van der Waals surface area contributed by atoms with Crippen molar-refractivity contribution in [2.75, 3.05) is 40.3 Å². The number of hydrogen-bond donors (Lipinski definition) is 1. The van der Waals surface area contributed by atoms with Gasteiger partial charge in [0.25, 0.3) is 0 Å². The molecule has 0 aromatic rings. The van der Waals surface area contributed by atoms with E-state index in [-0.39, 0.29) is 5.57 Å². The summed E-state index contributed by atoms with van der Waals surface area (Å²) < 4.78 is 0. The lowest BCUT2D eigenvalue weighted by Crippen LogP contribution is -2.36. The van der Waals surface area contributed by atoms with Crippen molar-refractivity contribution in [3.8, 4) is 0 Å². The van der Waals surface area contributed by atoms with Gasteiger partial charge in [-0.15, -0.1) is 0 Å². The van der Waals surface area contributed by atoms with E-state index >= 15 is 0 Å². The Hall–Kier alpha value is -0.870. The Morgan fingerprint density at radius 3 is 2.25 bits per heavy atom. The Kier molecular flexibility index (Phi) is 7.01. The van der Waals surface area contributed by atoms with Crippen molar-refractivity contribution < 1.29 is 9.90 Å². The molecule has 4 nitrogen and oxygen atoms in total. The summed E-state index contributed by atoms with van der Waals surface area (Å²) in [7, 11) is 4.03. The molecule has 0 aromatic carbocycles. The van der Waals surface area contributed by atoms with Gasteiger partial charge in [-0.05, 0) is 20.0 Å². The van der Waals surface area contributed by atoms with Crippen molar-refractivity contribution in [2.45, 2.75) is 13.8 Å². The van der Waals surface area contributed by atoms with Crippen LogP contribution in [0.3, 0.4) is 0 Å². The van der Waals surface area contributed by atoms with E-state index in [1.54, 1.807) is 0 Å². The minimum Gasteiger partial charge on any atom is -0.478 e. The van der Waals surface area contributed by atoms with Crippen molar-refractivity contribution in [1.29, 1.82) is 0 Å². The van der Waals surface area contributed by atoms with Gasteiger partial charge in [0.05, 0.1) is 0 Å². The fourth-order valence-corrected chi connectivity index (χ4v) is 1.43. The second-order valence-corrected chi connectivity index (χ2v) is 4.84. The number of likely N-dealkylation sites (N-methyl/N-ethyl adjacent to an activating group) is 1. The summed E-state index contributed by atoms with van der Waals surface area (Å²) in [6.07, 6.45) is 0. The fourth-order valence-electron chi connectivity index (χ4n) is 1.43. The molecule has 0 saturated carbocycles. The highest BCUT2D eigenvalue weighted by atomic mass is 16.4. The van der Waals surface area contributed by atoms with Crippen LogP contribution in [0.25, 0.3) is 0 Å². The highest BCUT2D eigenvalue weighted by Gasteiger charge is 2.12. The van der Waals surface area contributed by atoms with Crippen LogP contribution in [-0.2, 0) is 4.79 Å². The van der Waals surface area contributed by atoms with Crippen molar-refractivity contribution >= 4 is 5.97 Å². The topological polar surface area (TPSA) is 43.8 Å². The molecule has 0 radical (unpaired) electrons. The number of rotatable bonds is 8. The van der Waals surface area contributed by atoms with Gasteiger partial charge in [0, 0.05) is 31.8 Å². The molecule has 0 fully saturated rings. The van der Waals surface area contributed by atoms with Crippen LogP contribution in [0.1, 0.15) is 13.8 Å². The summed E-state index contributed by atoms with van der Waals surface area (Å²) in [5.74, 6) is -0.373. The first kappa shape index (κ1) is 15.1. The second kappa shape index (κ2) is 7.41. The van der Waals surface area contributed by atoms with Crippen molar-refractivity contribution in [1.82, 2.24) is 9.80 Å². The number of carboxylic acids is 1. The SMILES string of the molecule is C=C(CN(CCN(C)C)CC(C)C)C(=O)O. The Morgan fingerprint density at radius 2 is 1.88 bits per heavy atom. The molecule has 0 saturated heterocycles.